The van der Waals surface area contributed by atoms with E-state index in [2.05, 4.69) is 13.8 Å². The molecule has 1 aliphatic heterocycles. The zero-order chi connectivity index (χ0) is 9.84. The van der Waals surface area contributed by atoms with Crippen molar-refractivity contribution >= 4 is 0 Å². The van der Waals surface area contributed by atoms with Gasteiger partial charge in [-0.05, 0) is 6.42 Å². The summed E-state index contributed by atoms with van der Waals surface area (Å²) in [5.74, 6) is 0.946. The molecule has 4 unspecified atom stereocenters. The van der Waals surface area contributed by atoms with E-state index >= 15 is 0 Å². The molecule has 13 heavy (non-hydrogen) atoms. The van der Waals surface area contributed by atoms with Crippen molar-refractivity contribution in [2.24, 2.45) is 11.8 Å². The lowest BCUT2D eigenvalue weighted by Gasteiger charge is -2.18. The third-order valence-corrected chi connectivity index (χ3v) is 2.67. The Morgan fingerprint density at radius 1 is 1.46 bits per heavy atom. The standard InChI is InChI=1S/C10H20O3/c1-7-5-9(8(2)6-11-3)13-10(7)12-4/h7-10H,5-6H2,1-4H3. The summed E-state index contributed by atoms with van der Waals surface area (Å²) in [6.45, 7) is 5.07. The Balaban J connectivity index is 2.38. The molecule has 0 aliphatic carbocycles. The van der Waals surface area contributed by atoms with Gasteiger partial charge in [-0.3, -0.25) is 0 Å². The summed E-state index contributed by atoms with van der Waals surface area (Å²) >= 11 is 0. The molecule has 3 heteroatoms. The average molecular weight is 188 g/mol. The minimum Gasteiger partial charge on any atom is -0.384 e. The molecular weight excluding hydrogens is 168 g/mol. The van der Waals surface area contributed by atoms with Crippen LogP contribution in [-0.2, 0) is 14.2 Å². The quantitative estimate of drug-likeness (QED) is 0.671. The Kier molecular flexibility index (Phi) is 4.16. The monoisotopic (exact) mass is 188 g/mol. The normalized spacial score (nSPS) is 36.5. The van der Waals surface area contributed by atoms with Crippen molar-refractivity contribution in [2.45, 2.75) is 32.7 Å². The van der Waals surface area contributed by atoms with Crippen molar-refractivity contribution in [3.63, 3.8) is 0 Å². The molecule has 0 N–H and O–H groups in total. The minimum absolute atomic E-state index is 0.0238. The SMILES string of the molecule is COCC(C)C1CC(C)C(OC)O1. The van der Waals surface area contributed by atoms with Crippen LogP contribution in [0.4, 0.5) is 0 Å². The maximum Gasteiger partial charge on any atom is 0.160 e. The van der Waals surface area contributed by atoms with Gasteiger partial charge < -0.3 is 14.2 Å². The van der Waals surface area contributed by atoms with Crippen molar-refractivity contribution in [1.29, 1.82) is 0 Å². The molecule has 1 rings (SSSR count). The first-order chi connectivity index (χ1) is 6.19. The van der Waals surface area contributed by atoms with Gasteiger partial charge in [0.15, 0.2) is 6.29 Å². The molecule has 1 heterocycles. The van der Waals surface area contributed by atoms with Gasteiger partial charge in [0.1, 0.15) is 0 Å². The van der Waals surface area contributed by atoms with Crippen molar-refractivity contribution in [2.75, 3.05) is 20.8 Å². The molecule has 4 atom stereocenters. The lowest BCUT2D eigenvalue weighted by molar-refractivity contribution is -0.141. The smallest absolute Gasteiger partial charge is 0.160 e. The highest BCUT2D eigenvalue weighted by Gasteiger charge is 2.34. The van der Waals surface area contributed by atoms with Crippen LogP contribution in [0.2, 0.25) is 0 Å². The van der Waals surface area contributed by atoms with Gasteiger partial charge in [-0.25, -0.2) is 0 Å². The maximum absolute atomic E-state index is 5.73. The Hall–Kier alpha value is -0.120. The van der Waals surface area contributed by atoms with Crippen LogP contribution >= 0.6 is 0 Å². The second kappa shape index (κ2) is 4.94. The van der Waals surface area contributed by atoms with E-state index in [1.54, 1.807) is 14.2 Å². The fourth-order valence-corrected chi connectivity index (χ4v) is 1.86. The van der Waals surface area contributed by atoms with Gasteiger partial charge in [0.2, 0.25) is 0 Å². The van der Waals surface area contributed by atoms with E-state index in [4.69, 9.17) is 14.2 Å². The summed E-state index contributed by atoms with van der Waals surface area (Å²) < 4.78 is 16.1. The van der Waals surface area contributed by atoms with Gasteiger partial charge in [-0.1, -0.05) is 13.8 Å². The molecule has 0 saturated carbocycles. The number of hydrogen-bond donors (Lipinski definition) is 0. The molecule has 0 aromatic heterocycles. The summed E-state index contributed by atoms with van der Waals surface area (Å²) in [6.07, 6.45) is 1.34. The van der Waals surface area contributed by atoms with Crippen LogP contribution in [0, 0.1) is 11.8 Å². The fourth-order valence-electron chi connectivity index (χ4n) is 1.86. The Bertz CT molecular complexity index is 149. The molecule has 0 bridgehead atoms. The summed E-state index contributed by atoms with van der Waals surface area (Å²) in [5.41, 5.74) is 0. The predicted molar refractivity (Wildman–Crippen MR) is 50.5 cm³/mol. The van der Waals surface area contributed by atoms with E-state index in [-0.39, 0.29) is 6.29 Å². The number of ether oxygens (including phenoxy) is 3. The molecule has 0 spiro atoms. The van der Waals surface area contributed by atoms with Crippen molar-refractivity contribution in [3.8, 4) is 0 Å². The number of methoxy groups -OCH3 is 2. The second-order valence-corrected chi connectivity index (χ2v) is 3.92. The number of hydrogen-bond acceptors (Lipinski definition) is 3. The molecule has 1 aliphatic rings. The first kappa shape index (κ1) is 11.0. The predicted octanol–water partition coefficient (Wildman–Crippen LogP) is 1.67. The molecule has 1 fully saturated rings. The Labute approximate surface area is 80.4 Å². The van der Waals surface area contributed by atoms with Crippen LogP contribution in [0.1, 0.15) is 20.3 Å². The third kappa shape index (κ3) is 2.66. The third-order valence-electron chi connectivity index (χ3n) is 2.67. The van der Waals surface area contributed by atoms with E-state index in [0.29, 0.717) is 17.9 Å². The second-order valence-electron chi connectivity index (χ2n) is 3.92. The summed E-state index contributed by atoms with van der Waals surface area (Å²) in [6, 6.07) is 0. The van der Waals surface area contributed by atoms with Gasteiger partial charge in [-0.15, -0.1) is 0 Å². The first-order valence-corrected chi connectivity index (χ1v) is 4.86. The molecule has 0 aromatic rings. The van der Waals surface area contributed by atoms with Crippen LogP contribution < -0.4 is 0 Å². The van der Waals surface area contributed by atoms with Gasteiger partial charge >= 0.3 is 0 Å². The van der Waals surface area contributed by atoms with Crippen LogP contribution in [0.25, 0.3) is 0 Å². The van der Waals surface area contributed by atoms with E-state index in [0.717, 1.165) is 13.0 Å². The minimum atomic E-state index is -0.0238. The maximum atomic E-state index is 5.73. The molecule has 0 aromatic carbocycles. The Morgan fingerprint density at radius 2 is 2.15 bits per heavy atom. The molecular formula is C10H20O3. The lowest BCUT2D eigenvalue weighted by Crippen LogP contribution is -2.23. The number of rotatable bonds is 4. The van der Waals surface area contributed by atoms with Crippen molar-refractivity contribution in [3.05, 3.63) is 0 Å². The first-order valence-electron chi connectivity index (χ1n) is 4.86. The molecule has 78 valence electrons. The Morgan fingerprint density at radius 3 is 2.62 bits per heavy atom. The van der Waals surface area contributed by atoms with Crippen LogP contribution in [0.3, 0.4) is 0 Å². The van der Waals surface area contributed by atoms with Crippen LogP contribution in [0.5, 0.6) is 0 Å². The molecule has 1 saturated heterocycles. The fraction of sp³-hybridized carbons (Fsp3) is 1.00. The van der Waals surface area contributed by atoms with E-state index in [9.17, 15) is 0 Å². The van der Waals surface area contributed by atoms with Gasteiger partial charge in [-0.2, -0.15) is 0 Å². The summed E-state index contributed by atoms with van der Waals surface area (Å²) in [7, 11) is 3.42. The van der Waals surface area contributed by atoms with E-state index in [1.807, 2.05) is 0 Å². The summed E-state index contributed by atoms with van der Waals surface area (Å²) in [5, 5.41) is 0. The molecule has 0 amide bonds. The van der Waals surface area contributed by atoms with Crippen LogP contribution in [0.15, 0.2) is 0 Å². The van der Waals surface area contributed by atoms with Crippen molar-refractivity contribution in [1.82, 2.24) is 0 Å². The highest BCUT2D eigenvalue weighted by Crippen LogP contribution is 2.30. The average Bonchev–Trinajstić information content (AvgIpc) is 2.47. The van der Waals surface area contributed by atoms with E-state index in [1.165, 1.54) is 0 Å². The van der Waals surface area contributed by atoms with Gasteiger partial charge in [0.05, 0.1) is 12.7 Å². The van der Waals surface area contributed by atoms with Crippen molar-refractivity contribution < 1.29 is 14.2 Å². The zero-order valence-electron chi connectivity index (χ0n) is 8.95. The molecule has 3 nitrogen and oxygen atoms in total. The molecule has 0 radical (unpaired) electrons. The highest BCUT2D eigenvalue weighted by molar-refractivity contribution is 4.78. The van der Waals surface area contributed by atoms with E-state index < -0.39 is 0 Å². The van der Waals surface area contributed by atoms with Gasteiger partial charge in [0.25, 0.3) is 0 Å². The van der Waals surface area contributed by atoms with Gasteiger partial charge in [0, 0.05) is 26.1 Å². The van der Waals surface area contributed by atoms with Crippen LogP contribution in [-0.4, -0.2) is 33.2 Å². The summed E-state index contributed by atoms with van der Waals surface area (Å²) in [4.78, 5) is 0. The largest absolute Gasteiger partial charge is 0.384 e. The topological polar surface area (TPSA) is 27.7 Å². The lowest BCUT2D eigenvalue weighted by atomic mass is 9.98. The zero-order valence-corrected chi connectivity index (χ0v) is 8.95. The highest BCUT2D eigenvalue weighted by atomic mass is 16.7.